The van der Waals surface area contributed by atoms with Gasteiger partial charge in [-0.25, -0.2) is 4.39 Å². The van der Waals surface area contributed by atoms with Gasteiger partial charge in [0.15, 0.2) is 0 Å². The molecule has 0 unspecified atom stereocenters. The fourth-order valence-corrected chi connectivity index (χ4v) is 2.71. The van der Waals surface area contributed by atoms with Gasteiger partial charge >= 0.3 is 0 Å². The van der Waals surface area contributed by atoms with Gasteiger partial charge in [-0.15, -0.1) is 6.58 Å². The number of halogens is 1. The van der Waals surface area contributed by atoms with Crippen LogP contribution < -0.4 is 0 Å². The van der Waals surface area contributed by atoms with E-state index in [1.165, 1.54) is 0 Å². The standard InChI is InChI=1S/C22H23FO/c1-4-6-18-9-11-19(22(23)14-18)10-8-17(5-2)13-20-15-21(24)12-7-16(20)3/h4-5,8-9,11,13-14H,1-3,6-7,10,12,15H2/b17-8+,20-13-. The maximum atomic E-state index is 14.1. The fraction of sp³-hybridized carbons (Fsp3) is 0.227. The number of carbonyl (C=O) groups excluding carboxylic acids is 1. The highest BCUT2D eigenvalue weighted by molar-refractivity contribution is 5.84. The van der Waals surface area contributed by atoms with E-state index in [0.29, 0.717) is 37.7 Å². The highest BCUT2D eigenvalue weighted by Crippen LogP contribution is 2.26. The number of Topliss-reactive ketones (excluding diaryl/α,β-unsaturated/α-hetero) is 1. The second-order valence-corrected chi connectivity index (χ2v) is 6.02. The van der Waals surface area contributed by atoms with Crippen LogP contribution in [0.1, 0.15) is 30.4 Å². The summed E-state index contributed by atoms with van der Waals surface area (Å²) in [5.41, 5.74) is 4.40. The van der Waals surface area contributed by atoms with Gasteiger partial charge < -0.3 is 0 Å². The van der Waals surface area contributed by atoms with Gasteiger partial charge in [-0.2, -0.15) is 0 Å². The third kappa shape index (κ3) is 4.76. The minimum Gasteiger partial charge on any atom is -0.299 e. The molecule has 1 aromatic carbocycles. The SMILES string of the molecule is C=CCc1ccc(C/C=C(C=C)/C=C2/CC(=O)CCC2=C)c(F)c1. The molecule has 0 spiro atoms. The lowest BCUT2D eigenvalue weighted by molar-refractivity contribution is -0.118. The molecule has 0 heterocycles. The molecule has 1 aliphatic carbocycles. The molecule has 0 radical (unpaired) electrons. The normalized spacial score (nSPS) is 17.2. The Morgan fingerprint density at radius 2 is 2.00 bits per heavy atom. The molecule has 0 amide bonds. The summed E-state index contributed by atoms with van der Waals surface area (Å²) < 4.78 is 14.1. The third-order valence-corrected chi connectivity index (χ3v) is 4.18. The molecule has 0 saturated heterocycles. The molecule has 1 aliphatic rings. The van der Waals surface area contributed by atoms with Crippen molar-refractivity contribution < 1.29 is 9.18 Å². The van der Waals surface area contributed by atoms with Crippen LogP contribution in [0.2, 0.25) is 0 Å². The number of rotatable bonds is 6. The van der Waals surface area contributed by atoms with Crippen LogP contribution in [0.15, 0.2) is 79.0 Å². The second-order valence-electron chi connectivity index (χ2n) is 6.02. The molecule has 1 nitrogen and oxygen atoms in total. The van der Waals surface area contributed by atoms with Crippen LogP contribution in [0.3, 0.4) is 0 Å². The Labute approximate surface area is 143 Å². The van der Waals surface area contributed by atoms with E-state index < -0.39 is 0 Å². The zero-order valence-corrected chi connectivity index (χ0v) is 14.0. The second kappa shape index (κ2) is 8.39. The molecule has 0 aliphatic heterocycles. The van der Waals surface area contributed by atoms with Gasteiger partial charge in [0.05, 0.1) is 0 Å². The number of ketones is 1. The van der Waals surface area contributed by atoms with Crippen LogP contribution in [-0.4, -0.2) is 5.78 Å². The first-order chi connectivity index (χ1) is 11.5. The van der Waals surface area contributed by atoms with Gasteiger partial charge in [0.2, 0.25) is 0 Å². The number of hydrogen-bond acceptors (Lipinski definition) is 1. The van der Waals surface area contributed by atoms with Crippen molar-refractivity contribution in [2.45, 2.75) is 32.1 Å². The Kier molecular flexibility index (Phi) is 6.25. The van der Waals surface area contributed by atoms with E-state index in [1.807, 2.05) is 24.3 Å². The summed E-state index contributed by atoms with van der Waals surface area (Å²) in [5, 5.41) is 0. The number of benzene rings is 1. The van der Waals surface area contributed by atoms with Crippen molar-refractivity contribution in [1.82, 2.24) is 0 Å². The summed E-state index contributed by atoms with van der Waals surface area (Å²) >= 11 is 0. The monoisotopic (exact) mass is 322 g/mol. The molecule has 1 aromatic rings. The molecule has 1 saturated carbocycles. The van der Waals surface area contributed by atoms with Crippen molar-refractivity contribution >= 4 is 5.78 Å². The van der Waals surface area contributed by atoms with Crippen LogP contribution in [0.4, 0.5) is 4.39 Å². The first kappa shape index (κ1) is 17.9. The summed E-state index contributed by atoms with van der Waals surface area (Å²) in [6.45, 7) is 11.5. The third-order valence-electron chi connectivity index (χ3n) is 4.18. The minimum atomic E-state index is -0.209. The van der Waals surface area contributed by atoms with Crippen molar-refractivity contribution in [2.75, 3.05) is 0 Å². The summed E-state index contributed by atoms with van der Waals surface area (Å²) in [6, 6.07) is 5.28. The van der Waals surface area contributed by atoms with Crippen LogP contribution in [0.25, 0.3) is 0 Å². The molecule has 2 heteroatoms. The van der Waals surface area contributed by atoms with Crippen molar-refractivity contribution in [2.24, 2.45) is 0 Å². The van der Waals surface area contributed by atoms with Crippen LogP contribution >= 0.6 is 0 Å². The summed E-state index contributed by atoms with van der Waals surface area (Å²) in [6.07, 6.45) is 10.2. The number of hydrogen-bond donors (Lipinski definition) is 0. The highest BCUT2D eigenvalue weighted by Gasteiger charge is 2.16. The quantitative estimate of drug-likeness (QED) is 0.503. The topological polar surface area (TPSA) is 17.1 Å². The Balaban J connectivity index is 2.16. The average Bonchev–Trinajstić information content (AvgIpc) is 2.56. The lowest BCUT2D eigenvalue weighted by atomic mass is 9.88. The smallest absolute Gasteiger partial charge is 0.137 e. The van der Waals surface area contributed by atoms with E-state index in [4.69, 9.17) is 0 Å². The van der Waals surface area contributed by atoms with Gasteiger partial charge in [-0.1, -0.05) is 55.2 Å². The molecule has 0 N–H and O–H groups in total. The van der Waals surface area contributed by atoms with Crippen LogP contribution in [0.5, 0.6) is 0 Å². The van der Waals surface area contributed by atoms with Crippen molar-refractivity contribution in [3.05, 3.63) is 95.9 Å². The highest BCUT2D eigenvalue weighted by atomic mass is 19.1. The number of allylic oxidation sites excluding steroid dienone is 7. The Morgan fingerprint density at radius 3 is 2.67 bits per heavy atom. The minimum absolute atomic E-state index is 0.209. The van der Waals surface area contributed by atoms with Gasteiger partial charge in [-0.05, 0) is 47.6 Å². The summed E-state index contributed by atoms with van der Waals surface area (Å²) in [5.74, 6) is 0.0276. The van der Waals surface area contributed by atoms with Gasteiger partial charge in [-0.3, -0.25) is 4.79 Å². The maximum Gasteiger partial charge on any atom is 0.137 e. The maximum absolute atomic E-state index is 14.1. The summed E-state index contributed by atoms with van der Waals surface area (Å²) in [4.78, 5) is 11.6. The Morgan fingerprint density at radius 1 is 1.21 bits per heavy atom. The van der Waals surface area contributed by atoms with E-state index in [2.05, 4.69) is 19.7 Å². The Hall–Kier alpha value is -2.48. The van der Waals surface area contributed by atoms with Gasteiger partial charge in [0.1, 0.15) is 11.6 Å². The van der Waals surface area contributed by atoms with E-state index in [-0.39, 0.29) is 11.6 Å². The Bertz CT molecular complexity index is 734. The predicted molar refractivity (Wildman–Crippen MR) is 98.4 cm³/mol. The largest absolute Gasteiger partial charge is 0.299 e. The van der Waals surface area contributed by atoms with Crippen LogP contribution in [-0.2, 0) is 17.6 Å². The molecule has 124 valence electrons. The molecule has 1 fully saturated rings. The van der Waals surface area contributed by atoms with Crippen LogP contribution in [0, 0.1) is 5.82 Å². The molecule has 0 bridgehead atoms. The first-order valence-electron chi connectivity index (χ1n) is 8.14. The molecule has 0 atom stereocenters. The molecule has 0 aromatic heterocycles. The zero-order chi connectivity index (χ0) is 17.5. The van der Waals surface area contributed by atoms with Crippen molar-refractivity contribution in [3.8, 4) is 0 Å². The predicted octanol–water partition coefficient (Wildman–Crippen LogP) is 5.44. The van der Waals surface area contributed by atoms with Crippen molar-refractivity contribution in [3.63, 3.8) is 0 Å². The molecule has 2 rings (SSSR count). The van der Waals surface area contributed by atoms with E-state index >= 15 is 0 Å². The zero-order valence-electron chi connectivity index (χ0n) is 14.0. The first-order valence-corrected chi connectivity index (χ1v) is 8.14. The van der Waals surface area contributed by atoms with Gasteiger partial charge in [0.25, 0.3) is 0 Å². The van der Waals surface area contributed by atoms with E-state index in [9.17, 15) is 9.18 Å². The fourth-order valence-electron chi connectivity index (χ4n) is 2.71. The van der Waals surface area contributed by atoms with E-state index in [1.54, 1.807) is 18.2 Å². The van der Waals surface area contributed by atoms with E-state index in [0.717, 1.165) is 22.3 Å². The molecular formula is C22H23FO. The number of carbonyl (C=O) groups is 1. The molecule has 24 heavy (non-hydrogen) atoms. The lowest BCUT2D eigenvalue weighted by Crippen LogP contribution is -2.08. The summed E-state index contributed by atoms with van der Waals surface area (Å²) in [7, 11) is 0. The van der Waals surface area contributed by atoms with Gasteiger partial charge in [0, 0.05) is 12.8 Å². The lowest BCUT2D eigenvalue weighted by Gasteiger charge is -2.16. The van der Waals surface area contributed by atoms with Crippen molar-refractivity contribution in [1.29, 1.82) is 0 Å². The molecular weight excluding hydrogens is 299 g/mol. The average molecular weight is 322 g/mol.